The maximum Gasteiger partial charge on any atom is 0.322 e. The summed E-state index contributed by atoms with van der Waals surface area (Å²) in [6.45, 7) is 27.6. The lowest BCUT2D eigenvalue weighted by Crippen LogP contribution is -2.51. The Balaban J connectivity index is 0.847. The van der Waals surface area contributed by atoms with Gasteiger partial charge in [-0.05, 0) is 208 Å². The smallest absolute Gasteiger partial charge is 0.322 e. The highest BCUT2D eigenvalue weighted by Gasteiger charge is 2.61. The van der Waals surface area contributed by atoms with Gasteiger partial charge in [0.1, 0.15) is 10.4 Å². The van der Waals surface area contributed by atoms with Gasteiger partial charge < -0.3 is 4.74 Å². The molecule has 0 aromatic heterocycles. The van der Waals surface area contributed by atoms with Crippen molar-refractivity contribution in [2.75, 3.05) is 0 Å². The second kappa shape index (κ2) is 17.9. The molecule has 61 heavy (non-hydrogen) atoms. The van der Waals surface area contributed by atoms with Crippen LogP contribution in [0, 0.1) is 98.6 Å². The Hall–Kier alpha value is -0.570. The van der Waals surface area contributed by atoms with E-state index in [0.29, 0.717) is 22.2 Å². The van der Waals surface area contributed by atoms with Crippen molar-refractivity contribution < 1.29 is 9.53 Å². The molecule has 0 radical (unpaired) electrons. The molecule has 8 rings (SSSR count). The highest BCUT2D eigenvalue weighted by atomic mass is 79.9. The fraction of sp³-hybridized carbons (Fsp3) is 0.914. The molecule has 0 N–H and O–H groups in total. The van der Waals surface area contributed by atoms with Crippen molar-refractivity contribution in [2.45, 2.75) is 234 Å². The standard InChI is InChI=1S/C58H95BrO2/c1-37(2)14-12-16-39(5)47-22-24-49-45-20-18-42-34-41(26-30-54(42,7)51(45)28-32-56(47,49)9)36-58(11,59)53(60)61-44-27-31-55(8)43(35-44)19-21-46-50-25-23-48(40(6)17-13-15-38(3)4)57(50,10)33-29-52(46)55/h18-19,37-41,44-52H,12-17,20-36H2,1-11H3/t39-,40-,41?,44?,45?,46+,47-,48-,49?,50+,51?,52+,54+,55+,56-,57-,58?/m1/s1. The molecule has 0 saturated heterocycles. The molecule has 0 spiro atoms. The summed E-state index contributed by atoms with van der Waals surface area (Å²) in [5, 5.41) is 0. The van der Waals surface area contributed by atoms with E-state index in [0.717, 1.165) is 90.3 Å². The minimum atomic E-state index is -0.619. The molecule has 6 fully saturated rings. The predicted octanol–water partition coefficient (Wildman–Crippen LogP) is 17.1. The summed E-state index contributed by atoms with van der Waals surface area (Å²) < 4.78 is 5.94. The highest BCUT2D eigenvalue weighted by molar-refractivity contribution is 9.10. The molecule has 346 valence electrons. The molecule has 3 heteroatoms. The topological polar surface area (TPSA) is 26.3 Å². The van der Waals surface area contributed by atoms with Gasteiger partial charge in [-0.3, -0.25) is 4.79 Å². The van der Waals surface area contributed by atoms with Crippen LogP contribution in [0.25, 0.3) is 0 Å². The highest BCUT2D eigenvalue weighted by Crippen LogP contribution is 2.69. The van der Waals surface area contributed by atoms with Crippen LogP contribution < -0.4 is 0 Å². The molecule has 6 saturated carbocycles. The second-order valence-corrected chi connectivity index (χ2v) is 28.1. The van der Waals surface area contributed by atoms with Crippen molar-refractivity contribution in [3.63, 3.8) is 0 Å². The third-order valence-corrected chi connectivity index (χ3v) is 22.7. The van der Waals surface area contributed by atoms with Gasteiger partial charge in [-0.25, -0.2) is 0 Å². The molecule has 0 amide bonds. The summed E-state index contributed by atoms with van der Waals surface area (Å²) in [5.41, 5.74) is 5.11. The van der Waals surface area contributed by atoms with Crippen LogP contribution in [0.1, 0.15) is 224 Å². The second-order valence-electron chi connectivity index (χ2n) is 26.4. The SMILES string of the molecule is CC(C)CCC[C@@H](C)[C@H]1CC[C@H]2[C@@H]3CC=C4CC(OC(=O)C(C)(Br)CC5CC[C@@]6(C)C(=CCC7C6CC[C@@]6(C)C7CC[C@@H]6[C@H](C)CCCC(C)C)C5)CC[C@]4(C)[C@H]3CC[C@]12C. The summed E-state index contributed by atoms with van der Waals surface area (Å²) in [7, 11) is 0. The number of fused-ring (bicyclic) bond motifs is 10. The molecule has 0 aromatic carbocycles. The first-order chi connectivity index (χ1) is 28.8. The van der Waals surface area contributed by atoms with Crippen LogP contribution in [0.2, 0.25) is 0 Å². The maximum atomic E-state index is 14.1. The Morgan fingerprint density at radius 2 is 1.11 bits per heavy atom. The van der Waals surface area contributed by atoms with E-state index >= 15 is 0 Å². The van der Waals surface area contributed by atoms with E-state index in [2.05, 4.69) is 104 Å². The van der Waals surface area contributed by atoms with Gasteiger partial charge in [0.05, 0.1) is 0 Å². The lowest BCUT2D eigenvalue weighted by atomic mass is 9.46. The number of alkyl halides is 1. The molecule has 0 aliphatic heterocycles. The fourth-order valence-electron chi connectivity index (χ4n) is 18.6. The van der Waals surface area contributed by atoms with E-state index in [-0.39, 0.29) is 17.5 Å². The zero-order chi connectivity index (χ0) is 43.7. The summed E-state index contributed by atoms with van der Waals surface area (Å²) in [4.78, 5) is 14.1. The van der Waals surface area contributed by atoms with Crippen molar-refractivity contribution in [3.8, 4) is 0 Å². The van der Waals surface area contributed by atoms with E-state index in [1.807, 2.05) is 0 Å². The maximum absolute atomic E-state index is 14.1. The number of carbonyl (C=O) groups is 1. The van der Waals surface area contributed by atoms with Crippen molar-refractivity contribution in [1.82, 2.24) is 0 Å². The monoisotopic (exact) mass is 903 g/mol. The molecule has 0 aromatic rings. The Morgan fingerprint density at radius 3 is 1.61 bits per heavy atom. The number of esters is 1. The molecule has 17 atom stereocenters. The quantitative estimate of drug-likeness (QED) is 0.0986. The van der Waals surface area contributed by atoms with Crippen LogP contribution in [0.5, 0.6) is 0 Å². The van der Waals surface area contributed by atoms with Crippen LogP contribution >= 0.6 is 15.9 Å². The Labute approximate surface area is 385 Å². The minimum absolute atomic E-state index is 0.00450. The lowest BCUT2D eigenvalue weighted by molar-refractivity contribution is -0.154. The van der Waals surface area contributed by atoms with Crippen LogP contribution in [-0.4, -0.2) is 16.4 Å². The first-order valence-corrected chi connectivity index (χ1v) is 27.9. The summed E-state index contributed by atoms with van der Waals surface area (Å²) in [6.07, 6.45) is 35.8. The largest absolute Gasteiger partial charge is 0.461 e. The van der Waals surface area contributed by atoms with Crippen LogP contribution in [0.15, 0.2) is 23.3 Å². The number of hydrogen-bond acceptors (Lipinski definition) is 2. The van der Waals surface area contributed by atoms with E-state index in [1.165, 1.54) is 128 Å². The number of hydrogen-bond donors (Lipinski definition) is 0. The number of halogens is 1. The normalized spacial score (nSPS) is 45.0. The van der Waals surface area contributed by atoms with Crippen LogP contribution in [0.3, 0.4) is 0 Å². The van der Waals surface area contributed by atoms with E-state index in [1.54, 1.807) is 11.1 Å². The average Bonchev–Trinajstić information content (AvgIpc) is 3.74. The Kier molecular flexibility index (Phi) is 13.8. The minimum Gasteiger partial charge on any atom is -0.461 e. The molecule has 0 bridgehead atoms. The zero-order valence-electron chi connectivity index (χ0n) is 41.7. The van der Waals surface area contributed by atoms with Crippen molar-refractivity contribution in [3.05, 3.63) is 23.3 Å². The summed E-state index contributed by atoms with van der Waals surface area (Å²) in [5.74, 6) is 11.0. The predicted molar refractivity (Wildman–Crippen MR) is 261 cm³/mol. The Morgan fingerprint density at radius 1 is 0.639 bits per heavy atom. The van der Waals surface area contributed by atoms with E-state index < -0.39 is 4.32 Å². The van der Waals surface area contributed by atoms with Gasteiger partial charge in [0.25, 0.3) is 0 Å². The van der Waals surface area contributed by atoms with Gasteiger partial charge in [-0.2, -0.15) is 0 Å². The van der Waals surface area contributed by atoms with Gasteiger partial charge in [-0.15, -0.1) is 0 Å². The molecular weight excluding hydrogens is 809 g/mol. The first kappa shape index (κ1) is 46.9. The summed E-state index contributed by atoms with van der Waals surface area (Å²) in [6, 6.07) is 0. The number of rotatable bonds is 14. The van der Waals surface area contributed by atoms with E-state index in [4.69, 9.17) is 4.74 Å². The third kappa shape index (κ3) is 8.66. The van der Waals surface area contributed by atoms with Crippen molar-refractivity contribution in [1.29, 1.82) is 0 Å². The van der Waals surface area contributed by atoms with Gasteiger partial charge >= 0.3 is 5.97 Å². The van der Waals surface area contributed by atoms with Crippen LogP contribution in [0.4, 0.5) is 0 Å². The Bertz CT molecular complexity index is 1620. The number of ether oxygens (including phenoxy) is 1. The van der Waals surface area contributed by atoms with Gasteiger partial charge in [-0.1, -0.05) is 147 Å². The van der Waals surface area contributed by atoms with Crippen molar-refractivity contribution >= 4 is 21.9 Å². The third-order valence-electron chi connectivity index (χ3n) is 22.0. The van der Waals surface area contributed by atoms with E-state index in [9.17, 15) is 4.79 Å². The van der Waals surface area contributed by atoms with Gasteiger partial charge in [0.2, 0.25) is 0 Å². The average molecular weight is 904 g/mol. The van der Waals surface area contributed by atoms with Gasteiger partial charge in [0.15, 0.2) is 0 Å². The molecule has 6 unspecified atom stereocenters. The first-order valence-electron chi connectivity index (χ1n) is 27.1. The van der Waals surface area contributed by atoms with Gasteiger partial charge in [0, 0.05) is 6.42 Å². The molecule has 8 aliphatic rings. The zero-order valence-corrected chi connectivity index (χ0v) is 43.3. The fourth-order valence-corrected chi connectivity index (χ4v) is 19.1. The van der Waals surface area contributed by atoms with Crippen LogP contribution in [-0.2, 0) is 9.53 Å². The lowest BCUT2D eigenvalue weighted by Gasteiger charge is -2.59. The molecule has 8 aliphatic carbocycles. The molecular formula is C58H95BrO2. The van der Waals surface area contributed by atoms with Crippen molar-refractivity contribution in [2.24, 2.45) is 98.6 Å². The number of carbonyl (C=O) groups excluding carboxylic acids is 1. The summed E-state index contributed by atoms with van der Waals surface area (Å²) >= 11 is 4.03. The molecule has 0 heterocycles. The molecule has 2 nitrogen and oxygen atoms in total. The number of allylic oxidation sites excluding steroid dienone is 3.